The SMILES string of the molecule is CNC(=O)Cc1ccc(NC(=O)CCc2c(C)nn(CCC#N)c2C)cc1. The summed E-state index contributed by atoms with van der Waals surface area (Å²) in [4.78, 5) is 23.6. The standard InChI is InChI=1S/C20H25N5O2/c1-14-18(15(2)25(24-14)12-4-11-21)9-10-19(26)23-17-7-5-16(6-8-17)13-20(27)22-3/h5-8H,4,9-10,12-13H2,1-3H3,(H,22,27)(H,23,26). The molecule has 0 aliphatic heterocycles. The number of benzene rings is 1. The molecule has 1 aromatic carbocycles. The van der Waals surface area contributed by atoms with E-state index >= 15 is 0 Å². The van der Waals surface area contributed by atoms with Gasteiger partial charge in [0.15, 0.2) is 0 Å². The van der Waals surface area contributed by atoms with Crippen LogP contribution in [-0.2, 0) is 29.0 Å². The fourth-order valence-electron chi connectivity index (χ4n) is 2.91. The Morgan fingerprint density at radius 1 is 1.19 bits per heavy atom. The van der Waals surface area contributed by atoms with Gasteiger partial charge in [-0.25, -0.2) is 0 Å². The topological polar surface area (TPSA) is 99.8 Å². The summed E-state index contributed by atoms with van der Waals surface area (Å²) in [6, 6.07) is 9.38. The van der Waals surface area contributed by atoms with Crippen LogP contribution in [0.5, 0.6) is 0 Å². The maximum Gasteiger partial charge on any atom is 0.224 e. The molecule has 2 rings (SSSR count). The molecule has 2 aromatic rings. The van der Waals surface area contributed by atoms with E-state index in [-0.39, 0.29) is 11.8 Å². The molecule has 2 amide bonds. The Kier molecular flexibility index (Phi) is 7.12. The first kappa shape index (κ1) is 20.2. The smallest absolute Gasteiger partial charge is 0.224 e. The van der Waals surface area contributed by atoms with Crippen molar-refractivity contribution >= 4 is 17.5 Å². The van der Waals surface area contributed by atoms with Gasteiger partial charge in [-0.05, 0) is 43.5 Å². The first-order valence-electron chi connectivity index (χ1n) is 8.93. The van der Waals surface area contributed by atoms with Gasteiger partial charge in [0, 0.05) is 24.8 Å². The number of nitriles is 1. The molecule has 0 saturated carbocycles. The number of nitrogens with zero attached hydrogens (tertiary/aromatic N) is 3. The molecule has 0 saturated heterocycles. The van der Waals surface area contributed by atoms with Gasteiger partial charge in [0.25, 0.3) is 0 Å². The van der Waals surface area contributed by atoms with E-state index in [1.165, 1.54) is 0 Å². The van der Waals surface area contributed by atoms with Crippen molar-refractivity contribution < 1.29 is 9.59 Å². The predicted octanol–water partition coefficient (Wildman–Crippen LogP) is 2.27. The van der Waals surface area contributed by atoms with Crippen LogP contribution in [0.1, 0.15) is 35.4 Å². The molecule has 0 radical (unpaired) electrons. The lowest BCUT2D eigenvalue weighted by atomic mass is 10.1. The minimum Gasteiger partial charge on any atom is -0.359 e. The number of likely N-dealkylation sites (N-methyl/N-ethyl adjacent to an activating group) is 1. The first-order chi connectivity index (χ1) is 12.9. The third-order valence-corrected chi connectivity index (χ3v) is 4.45. The highest BCUT2D eigenvalue weighted by molar-refractivity contribution is 5.91. The van der Waals surface area contributed by atoms with Gasteiger partial charge < -0.3 is 10.6 Å². The van der Waals surface area contributed by atoms with Crippen LogP contribution in [0.3, 0.4) is 0 Å². The van der Waals surface area contributed by atoms with Crippen molar-refractivity contribution in [1.29, 1.82) is 5.26 Å². The van der Waals surface area contributed by atoms with Gasteiger partial charge in [0.05, 0.1) is 31.1 Å². The average Bonchev–Trinajstić information content (AvgIpc) is 2.93. The number of aryl methyl sites for hydroxylation is 2. The quantitative estimate of drug-likeness (QED) is 0.747. The zero-order valence-corrected chi connectivity index (χ0v) is 16.0. The fourth-order valence-corrected chi connectivity index (χ4v) is 2.91. The number of carbonyl (C=O) groups excluding carboxylic acids is 2. The largest absolute Gasteiger partial charge is 0.359 e. The lowest BCUT2D eigenvalue weighted by Crippen LogP contribution is -2.19. The number of hydrogen-bond donors (Lipinski definition) is 2. The van der Waals surface area contributed by atoms with E-state index in [0.717, 1.165) is 22.5 Å². The Morgan fingerprint density at radius 3 is 2.52 bits per heavy atom. The molecule has 0 aliphatic rings. The Balaban J connectivity index is 1.90. The lowest BCUT2D eigenvalue weighted by Gasteiger charge is -2.07. The zero-order chi connectivity index (χ0) is 19.8. The van der Waals surface area contributed by atoms with E-state index in [2.05, 4.69) is 21.8 Å². The van der Waals surface area contributed by atoms with Gasteiger partial charge in [-0.1, -0.05) is 12.1 Å². The number of carbonyl (C=O) groups is 2. The molecule has 0 unspecified atom stereocenters. The van der Waals surface area contributed by atoms with E-state index in [1.807, 2.05) is 30.7 Å². The zero-order valence-electron chi connectivity index (χ0n) is 16.0. The number of hydrogen-bond acceptors (Lipinski definition) is 4. The second-order valence-corrected chi connectivity index (χ2v) is 6.38. The second kappa shape index (κ2) is 9.53. The molecular weight excluding hydrogens is 342 g/mol. The van der Waals surface area contributed by atoms with Crippen LogP contribution in [0, 0.1) is 25.2 Å². The highest BCUT2D eigenvalue weighted by atomic mass is 16.2. The predicted molar refractivity (Wildman–Crippen MR) is 103 cm³/mol. The van der Waals surface area contributed by atoms with Crippen LogP contribution >= 0.6 is 0 Å². The fraction of sp³-hybridized carbons (Fsp3) is 0.400. The third kappa shape index (κ3) is 5.68. The molecular formula is C20H25N5O2. The highest BCUT2D eigenvalue weighted by Gasteiger charge is 2.13. The summed E-state index contributed by atoms with van der Waals surface area (Å²) in [6.45, 7) is 4.46. The van der Waals surface area contributed by atoms with Crippen molar-refractivity contribution in [3.63, 3.8) is 0 Å². The summed E-state index contributed by atoms with van der Waals surface area (Å²) in [6.07, 6.45) is 1.69. The number of anilines is 1. The van der Waals surface area contributed by atoms with Gasteiger partial charge in [-0.15, -0.1) is 0 Å². The molecule has 1 aromatic heterocycles. The number of rotatable bonds is 8. The van der Waals surface area contributed by atoms with E-state index in [0.29, 0.717) is 37.9 Å². The summed E-state index contributed by atoms with van der Waals surface area (Å²) in [5, 5.41) is 18.6. The molecule has 142 valence electrons. The van der Waals surface area contributed by atoms with Crippen LogP contribution < -0.4 is 10.6 Å². The third-order valence-electron chi connectivity index (χ3n) is 4.45. The summed E-state index contributed by atoms with van der Waals surface area (Å²) in [7, 11) is 1.60. The Morgan fingerprint density at radius 2 is 1.89 bits per heavy atom. The van der Waals surface area contributed by atoms with Crippen LogP contribution in [0.25, 0.3) is 0 Å². The Labute approximate surface area is 159 Å². The number of nitrogens with one attached hydrogen (secondary N) is 2. The maximum absolute atomic E-state index is 12.3. The Bertz CT molecular complexity index is 846. The number of aromatic nitrogens is 2. The molecule has 0 bridgehead atoms. The van der Waals surface area contributed by atoms with Crippen molar-refractivity contribution in [1.82, 2.24) is 15.1 Å². The minimum atomic E-state index is -0.0716. The summed E-state index contributed by atoms with van der Waals surface area (Å²) >= 11 is 0. The molecule has 0 aliphatic carbocycles. The molecule has 0 fully saturated rings. The van der Waals surface area contributed by atoms with Crippen molar-refractivity contribution in [3.8, 4) is 6.07 Å². The molecule has 1 heterocycles. The average molecular weight is 367 g/mol. The first-order valence-corrected chi connectivity index (χ1v) is 8.93. The van der Waals surface area contributed by atoms with E-state index in [1.54, 1.807) is 19.2 Å². The van der Waals surface area contributed by atoms with Gasteiger partial charge >= 0.3 is 0 Å². The minimum absolute atomic E-state index is 0.0483. The van der Waals surface area contributed by atoms with Crippen LogP contribution in [0.4, 0.5) is 5.69 Å². The van der Waals surface area contributed by atoms with Gasteiger partial charge in [0.2, 0.25) is 11.8 Å². The van der Waals surface area contributed by atoms with Crippen molar-refractivity contribution in [2.24, 2.45) is 0 Å². The van der Waals surface area contributed by atoms with Gasteiger partial charge in [0.1, 0.15) is 0 Å². The number of amides is 2. The highest BCUT2D eigenvalue weighted by Crippen LogP contribution is 2.16. The maximum atomic E-state index is 12.3. The van der Waals surface area contributed by atoms with Crippen molar-refractivity contribution in [2.75, 3.05) is 12.4 Å². The van der Waals surface area contributed by atoms with Gasteiger partial charge in [-0.3, -0.25) is 14.3 Å². The van der Waals surface area contributed by atoms with E-state index in [4.69, 9.17) is 5.26 Å². The second-order valence-electron chi connectivity index (χ2n) is 6.38. The summed E-state index contributed by atoms with van der Waals surface area (Å²) in [5.41, 5.74) is 4.57. The molecule has 2 N–H and O–H groups in total. The van der Waals surface area contributed by atoms with Crippen LogP contribution in [0.15, 0.2) is 24.3 Å². The monoisotopic (exact) mass is 367 g/mol. The van der Waals surface area contributed by atoms with Crippen molar-refractivity contribution in [2.45, 2.75) is 46.1 Å². The lowest BCUT2D eigenvalue weighted by molar-refractivity contribution is -0.120. The van der Waals surface area contributed by atoms with E-state index < -0.39 is 0 Å². The summed E-state index contributed by atoms with van der Waals surface area (Å²) < 4.78 is 1.83. The van der Waals surface area contributed by atoms with Crippen LogP contribution in [-0.4, -0.2) is 28.6 Å². The Hall–Kier alpha value is -3.14. The molecule has 7 nitrogen and oxygen atoms in total. The molecule has 7 heteroatoms. The van der Waals surface area contributed by atoms with Crippen molar-refractivity contribution in [3.05, 3.63) is 46.8 Å². The van der Waals surface area contributed by atoms with E-state index in [9.17, 15) is 9.59 Å². The normalized spacial score (nSPS) is 10.3. The molecule has 0 spiro atoms. The molecule has 0 atom stereocenters. The summed E-state index contributed by atoms with van der Waals surface area (Å²) in [5.74, 6) is -0.120. The van der Waals surface area contributed by atoms with Gasteiger partial charge in [-0.2, -0.15) is 10.4 Å². The van der Waals surface area contributed by atoms with Crippen LogP contribution in [0.2, 0.25) is 0 Å². The molecule has 27 heavy (non-hydrogen) atoms.